The van der Waals surface area contributed by atoms with Gasteiger partial charge in [-0.3, -0.25) is 4.79 Å². The maximum absolute atomic E-state index is 11.5. The average molecular weight is 260 g/mol. The van der Waals surface area contributed by atoms with Gasteiger partial charge in [-0.25, -0.2) is 0 Å². The SMILES string of the molecule is CCc1cccc(C2CC(CC)CCC2C(=O)O)c1. The van der Waals surface area contributed by atoms with E-state index in [0.717, 1.165) is 32.1 Å². The molecule has 0 aliphatic heterocycles. The lowest BCUT2D eigenvalue weighted by Crippen LogP contribution is -2.29. The number of benzene rings is 1. The van der Waals surface area contributed by atoms with Crippen LogP contribution in [0.5, 0.6) is 0 Å². The zero-order valence-electron chi connectivity index (χ0n) is 11.9. The fourth-order valence-corrected chi connectivity index (χ4v) is 3.34. The topological polar surface area (TPSA) is 37.3 Å². The summed E-state index contributed by atoms with van der Waals surface area (Å²) in [7, 11) is 0. The molecule has 1 N–H and O–H groups in total. The number of aliphatic carboxylic acids is 1. The predicted octanol–water partition coefficient (Wildman–Crippen LogP) is 4.24. The van der Waals surface area contributed by atoms with Crippen LogP contribution in [-0.4, -0.2) is 11.1 Å². The van der Waals surface area contributed by atoms with E-state index in [1.807, 2.05) is 0 Å². The van der Waals surface area contributed by atoms with E-state index in [4.69, 9.17) is 0 Å². The van der Waals surface area contributed by atoms with Crippen LogP contribution in [0.1, 0.15) is 56.6 Å². The molecule has 1 aliphatic rings. The number of carboxylic acids is 1. The quantitative estimate of drug-likeness (QED) is 0.879. The Morgan fingerprint density at radius 1 is 1.32 bits per heavy atom. The molecule has 2 rings (SSSR count). The zero-order valence-corrected chi connectivity index (χ0v) is 11.9. The molecule has 0 radical (unpaired) electrons. The number of rotatable bonds is 4. The van der Waals surface area contributed by atoms with Gasteiger partial charge in [0.2, 0.25) is 0 Å². The highest BCUT2D eigenvalue weighted by Crippen LogP contribution is 2.42. The van der Waals surface area contributed by atoms with Crippen LogP contribution in [-0.2, 0) is 11.2 Å². The van der Waals surface area contributed by atoms with Crippen molar-refractivity contribution in [2.24, 2.45) is 11.8 Å². The molecule has 0 bridgehead atoms. The summed E-state index contributed by atoms with van der Waals surface area (Å²) in [5.41, 5.74) is 2.53. The molecule has 19 heavy (non-hydrogen) atoms. The second-order valence-electron chi connectivity index (χ2n) is 5.74. The van der Waals surface area contributed by atoms with E-state index in [1.165, 1.54) is 11.1 Å². The molecule has 0 saturated heterocycles. The van der Waals surface area contributed by atoms with Crippen LogP contribution in [0.2, 0.25) is 0 Å². The summed E-state index contributed by atoms with van der Waals surface area (Å²) in [6.45, 7) is 4.36. The average Bonchev–Trinajstić information content (AvgIpc) is 2.46. The summed E-state index contributed by atoms with van der Waals surface area (Å²) in [5, 5.41) is 9.46. The smallest absolute Gasteiger partial charge is 0.307 e. The van der Waals surface area contributed by atoms with E-state index in [0.29, 0.717) is 5.92 Å². The predicted molar refractivity (Wildman–Crippen MR) is 77.3 cm³/mol. The first kappa shape index (κ1) is 14.1. The summed E-state index contributed by atoms with van der Waals surface area (Å²) < 4.78 is 0. The molecule has 2 heteroatoms. The molecule has 104 valence electrons. The Hall–Kier alpha value is -1.31. The monoisotopic (exact) mass is 260 g/mol. The van der Waals surface area contributed by atoms with Gasteiger partial charge in [0.15, 0.2) is 0 Å². The van der Waals surface area contributed by atoms with E-state index in [2.05, 4.69) is 38.1 Å². The highest BCUT2D eigenvalue weighted by Gasteiger charge is 2.35. The molecule has 1 aromatic carbocycles. The van der Waals surface area contributed by atoms with Crippen molar-refractivity contribution in [3.05, 3.63) is 35.4 Å². The first-order valence-electron chi connectivity index (χ1n) is 7.47. The molecule has 0 amide bonds. The molecule has 0 aromatic heterocycles. The Kier molecular flexibility index (Phi) is 4.62. The standard InChI is InChI=1S/C17H24O2/c1-3-12-6-5-7-14(10-12)16-11-13(4-2)8-9-15(16)17(18)19/h5-7,10,13,15-16H,3-4,8-9,11H2,1-2H3,(H,18,19). The van der Waals surface area contributed by atoms with Crippen LogP contribution in [0, 0.1) is 11.8 Å². The molecule has 1 aliphatic carbocycles. The van der Waals surface area contributed by atoms with E-state index >= 15 is 0 Å². The summed E-state index contributed by atoms with van der Waals surface area (Å²) in [5.74, 6) is 0.0601. The number of hydrogen-bond donors (Lipinski definition) is 1. The van der Waals surface area contributed by atoms with Crippen LogP contribution in [0.15, 0.2) is 24.3 Å². The van der Waals surface area contributed by atoms with Gasteiger partial charge in [-0.1, -0.05) is 44.5 Å². The van der Waals surface area contributed by atoms with Crippen LogP contribution < -0.4 is 0 Å². The maximum Gasteiger partial charge on any atom is 0.307 e. The minimum Gasteiger partial charge on any atom is -0.481 e. The van der Waals surface area contributed by atoms with E-state index in [9.17, 15) is 9.90 Å². The maximum atomic E-state index is 11.5. The van der Waals surface area contributed by atoms with E-state index in [-0.39, 0.29) is 11.8 Å². The Labute approximate surface area is 115 Å². The van der Waals surface area contributed by atoms with Gasteiger partial charge in [0.1, 0.15) is 0 Å². The lowest BCUT2D eigenvalue weighted by Gasteiger charge is -2.34. The van der Waals surface area contributed by atoms with Crippen molar-refractivity contribution in [2.45, 2.75) is 51.9 Å². The Bertz CT molecular complexity index is 439. The molecule has 1 aromatic rings. The van der Waals surface area contributed by atoms with Crippen LogP contribution in [0.3, 0.4) is 0 Å². The van der Waals surface area contributed by atoms with Crippen LogP contribution >= 0.6 is 0 Å². The number of carbonyl (C=O) groups is 1. The van der Waals surface area contributed by atoms with Crippen molar-refractivity contribution in [1.29, 1.82) is 0 Å². The first-order valence-corrected chi connectivity index (χ1v) is 7.47. The summed E-state index contributed by atoms with van der Waals surface area (Å²) in [4.78, 5) is 11.5. The minimum absolute atomic E-state index is 0.197. The van der Waals surface area contributed by atoms with Gasteiger partial charge in [-0.05, 0) is 48.6 Å². The van der Waals surface area contributed by atoms with Crippen molar-refractivity contribution < 1.29 is 9.90 Å². The Morgan fingerprint density at radius 2 is 2.11 bits per heavy atom. The molecule has 1 fully saturated rings. The molecule has 3 atom stereocenters. The second-order valence-corrected chi connectivity index (χ2v) is 5.74. The third kappa shape index (κ3) is 3.17. The zero-order chi connectivity index (χ0) is 13.8. The fraction of sp³-hybridized carbons (Fsp3) is 0.588. The Morgan fingerprint density at radius 3 is 2.74 bits per heavy atom. The van der Waals surface area contributed by atoms with Gasteiger partial charge >= 0.3 is 5.97 Å². The van der Waals surface area contributed by atoms with Gasteiger partial charge in [-0.2, -0.15) is 0 Å². The van der Waals surface area contributed by atoms with Gasteiger partial charge < -0.3 is 5.11 Å². The minimum atomic E-state index is -0.624. The van der Waals surface area contributed by atoms with Crippen molar-refractivity contribution >= 4 is 5.97 Å². The summed E-state index contributed by atoms with van der Waals surface area (Å²) in [6.07, 6.45) is 5.10. The molecular weight excluding hydrogens is 236 g/mol. The van der Waals surface area contributed by atoms with Crippen molar-refractivity contribution in [1.82, 2.24) is 0 Å². The van der Waals surface area contributed by atoms with Crippen molar-refractivity contribution in [2.75, 3.05) is 0 Å². The van der Waals surface area contributed by atoms with Gasteiger partial charge in [0.05, 0.1) is 5.92 Å². The summed E-state index contributed by atoms with van der Waals surface area (Å²) in [6, 6.07) is 8.51. The lowest BCUT2D eigenvalue weighted by atomic mass is 9.70. The summed E-state index contributed by atoms with van der Waals surface area (Å²) >= 11 is 0. The highest BCUT2D eigenvalue weighted by atomic mass is 16.4. The van der Waals surface area contributed by atoms with Crippen LogP contribution in [0.4, 0.5) is 0 Å². The van der Waals surface area contributed by atoms with E-state index < -0.39 is 5.97 Å². The third-order valence-corrected chi connectivity index (χ3v) is 4.64. The van der Waals surface area contributed by atoms with Gasteiger partial charge in [0, 0.05) is 0 Å². The molecule has 0 spiro atoms. The second kappa shape index (κ2) is 6.23. The van der Waals surface area contributed by atoms with Crippen molar-refractivity contribution in [3.8, 4) is 0 Å². The van der Waals surface area contributed by atoms with Crippen LogP contribution in [0.25, 0.3) is 0 Å². The molecule has 1 saturated carbocycles. The van der Waals surface area contributed by atoms with E-state index in [1.54, 1.807) is 0 Å². The lowest BCUT2D eigenvalue weighted by molar-refractivity contribution is -0.143. The number of carboxylic acid groups (broad SMARTS) is 1. The van der Waals surface area contributed by atoms with Gasteiger partial charge in [0.25, 0.3) is 0 Å². The molecular formula is C17H24O2. The normalized spacial score (nSPS) is 27.2. The molecule has 3 unspecified atom stereocenters. The molecule has 2 nitrogen and oxygen atoms in total. The largest absolute Gasteiger partial charge is 0.481 e. The van der Waals surface area contributed by atoms with Gasteiger partial charge in [-0.15, -0.1) is 0 Å². The highest BCUT2D eigenvalue weighted by molar-refractivity contribution is 5.71. The number of hydrogen-bond acceptors (Lipinski definition) is 1. The first-order chi connectivity index (χ1) is 9.15. The Balaban J connectivity index is 2.27. The van der Waals surface area contributed by atoms with Crippen molar-refractivity contribution in [3.63, 3.8) is 0 Å². The molecule has 0 heterocycles. The number of aryl methyl sites for hydroxylation is 1. The fourth-order valence-electron chi connectivity index (χ4n) is 3.34. The third-order valence-electron chi connectivity index (χ3n) is 4.64.